The highest BCUT2D eigenvalue weighted by Crippen LogP contribution is 2.39. The summed E-state index contributed by atoms with van der Waals surface area (Å²) in [5, 5.41) is 10.7. The van der Waals surface area contributed by atoms with Crippen LogP contribution in [0.2, 0.25) is 0 Å². The summed E-state index contributed by atoms with van der Waals surface area (Å²) in [7, 11) is 3.30. The maximum Gasteiger partial charge on any atom is 0.326 e. The number of hydrogen-bond acceptors (Lipinski definition) is 6. The van der Waals surface area contributed by atoms with E-state index in [1.54, 1.807) is 11.8 Å². The molecule has 0 aliphatic heterocycles. The number of esters is 1. The van der Waals surface area contributed by atoms with Crippen LogP contribution in [0.15, 0.2) is 11.5 Å². The second kappa shape index (κ2) is 6.38. The number of rotatable bonds is 6. The van der Waals surface area contributed by atoms with Crippen molar-refractivity contribution in [2.45, 2.75) is 36.4 Å². The largest absolute Gasteiger partial charge is 0.468 e. The number of likely N-dealkylation sites (N-methyl/N-ethyl adjacent to an activating group) is 1. The number of thioether (sulfide) groups is 1. The lowest BCUT2D eigenvalue weighted by Gasteiger charge is -2.32. The molecule has 1 fully saturated rings. The van der Waals surface area contributed by atoms with Crippen LogP contribution in [0.3, 0.4) is 0 Å². The summed E-state index contributed by atoms with van der Waals surface area (Å²) in [4.78, 5) is 16.1. The van der Waals surface area contributed by atoms with Crippen molar-refractivity contribution in [1.82, 2.24) is 20.5 Å². The molecule has 1 aliphatic carbocycles. The molecule has 2 atom stereocenters. The number of nitrogens with one attached hydrogen (secondary N) is 2. The van der Waals surface area contributed by atoms with Gasteiger partial charge in [-0.05, 0) is 32.2 Å². The van der Waals surface area contributed by atoms with Crippen molar-refractivity contribution < 1.29 is 9.53 Å². The van der Waals surface area contributed by atoms with E-state index in [-0.39, 0.29) is 5.97 Å². The second-order valence-corrected chi connectivity index (χ2v) is 5.81. The Morgan fingerprint density at radius 1 is 1.74 bits per heavy atom. The quantitative estimate of drug-likeness (QED) is 0.604. The summed E-state index contributed by atoms with van der Waals surface area (Å²) >= 11 is 1.64. The number of hydrogen-bond donors (Lipinski definition) is 2. The normalized spacial score (nSPS) is 26.5. The summed E-state index contributed by atoms with van der Waals surface area (Å²) in [6.45, 7) is 0. The third-order valence-corrected chi connectivity index (χ3v) is 4.82. The molecule has 0 spiro atoms. The highest BCUT2D eigenvalue weighted by atomic mass is 32.2. The molecule has 1 aromatic rings. The number of nitrogens with zero attached hydrogens (tertiary/aromatic N) is 2. The fraction of sp³-hybridized carbons (Fsp3) is 0.750. The van der Waals surface area contributed by atoms with Crippen molar-refractivity contribution in [2.75, 3.05) is 19.9 Å². The van der Waals surface area contributed by atoms with Crippen LogP contribution < -0.4 is 5.32 Å². The van der Waals surface area contributed by atoms with E-state index in [1.165, 1.54) is 13.4 Å². The SMILES string of the molecule is CNC1(C(=O)OC)CCCC1CCSc1ncn[nH]1. The minimum atomic E-state index is -0.503. The number of methoxy groups -OCH3 is 1. The summed E-state index contributed by atoms with van der Waals surface area (Å²) in [5.74, 6) is 1.10. The summed E-state index contributed by atoms with van der Waals surface area (Å²) in [5.41, 5.74) is -0.503. The number of aromatic amines is 1. The van der Waals surface area contributed by atoms with E-state index in [2.05, 4.69) is 20.5 Å². The van der Waals surface area contributed by atoms with Crippen LogP contribution in [0.1, 0.15) is 25.7 Å². The van der Waals surface area contributed by atoms with Gasteiger partial charge in [0.2, 0.25) is 0 Å². The number of aromatic nitrogens is 3. The molecule has 1 heterocycles. The van der Waals surface area contributed by atoms with E-state index in [1.807, 2.05) is 7.05 Å². The molecule has 2 rings (SSSR count). The number of ether oxygens (including phenoxy) is 1. The summed E-state index contributed by atoms with van der Waals surface area (Å²) < 4.78 is 4.97. The van der Waals surface area contributed by atoms with Gasteiger partial charge in [0.05, 0.1) is 7.11 Å². The molecule has 1 saturated carbocycles. The Kier molecular flexibility index (Phi) is 4.81. The topological polar surface area (TPSA) is 79.9 Å². The Labute approximate surface area is 117 Å². The maximum atomic E-state index is 12.0. The predicted octanol–water partition coefficient (Wildman–Crippen LogP) is 1.22. The molecule has 2 N–H and O–H groups in total. The first-order valence-electron chi connectivity index (χ1n) is 6.48. The molecular formula is C12H20N4O2S. The van der Waals surface area contributed by atoms with Gasteiger partial charge >= 0.3 is 5.97 Å². The highest BCUT2D eigenvalue weighted by Gasteiger charge is 2.48. The molecular weight excluding hydrogens is 264 g/mol. The Bertz CT molecular complexity index is 412. The average molecular weight is 284 g/mol. The molecule has 0 amide bonds. The van der Waals surface area contributed by atoms with Gasteiger partial charge in [-0.3, -0.25) is 9.89 Å². The minimum Gasteiger partial charge on any atom is -0.468 e. The van der Waals surface area contributed by atoms with Gasteiger partial charge in [-0.1, -0.05) is 18.2 Å². The van der Waals surface area contributed by atoms with E-state index in [4.69, 9.17) is 4.74 Å². The minimum absolute atomic E-state index is 0.137. The first-order valence-corrected chi connectivity index (χ1v) is 7.47. The lowest BCUT2D eigenvalue weighted by Crippen LogP contribution is -2.53. The van der Waals surface area contributed by atoms with Gasteiger partial charge in [-0.15, -0.1) is 0 Å². The molecule has 7 heteroatoms. The van der Waals surface area contributed by atoms with Gasteiger partial charge in [0, 0.05) is 5.75 Å². The molecule has 106 valence electrons. The lowest BCUT2D eigenvalue weighted by molar-refractivity contribution is -0.150. The first kappa shape index (κ1) is 14.3. The maximum absolute atomic E-state index is 12.0. The van der Waals surface area contributed by atoms with E-state index in [0.29, 0.717) is 5.92 Å². The average Bonchev–Trinajstić information content (AvgIpc) is 3.08. The van der Waals surface area contributed by atoms with Gasteiger partial charge in [-0.2, -0.15) is 5.10 Å². The molecule has 6 nitrogen and oxygen atoms in total. The van der Waals surface area contributed by atoms with Crippen LogP contribution in [-0.4, -0.2) is 46.6 Å². The number of H-pyrrole nitrogens is 1. The fourth-order valence-electron chi connectivity index (χ4n) is 2.91. The molecule has 0 saturated heterocycles. The lowest BCUT2D eigenvalue weighted by atomic mass is 9.85. The van der Waals surface area contributed by atoms with Gasteiger partial charge in [0.25, 0.3) is 0 Å². The van der Waals surface area contributed by atoms with Gasteiger partial charge < -0.3 is 10.1 Å². The summed E-state index contributed by atoms with van der Waals surface area (Å²) in [6.07, 6.45) is 5.44. The standard InChI is InChI=1S/C12H20N4O2S/c1-13-12(10(17)18-2)6-3-4-9(12)5-7-19-11-14-8-15-16-11/h8-9,13H,3-7H2,1-2H3,(H,14,15,16). The van der Waals surface area contributed by atoms with Crippen molar-refractivity contribution in [3.63, 3.8) is 0 Å². The van der Waals surface area contributed by atoms with Crippen molar-refractivity contribution >= 4 is 17.7 Å². The Hall–Kier alpha value is -1.08. The zero-order valence-corrected chi connectivity index (χ0v) is 12.1. The van der Waals surface area contributed by atoms with Crippen molar-refractivity contribution in [2.24, 2.45) is 5.92 Å². The second-order valence-electron chi connectivity index (χ2n) is 4.73. The smallest absolute Gasteiger partial charge is 0.326 e. The molecule has 2 unspecified atom stereocenters. The van der Waals surface area contributed by atoms with E-state index >= 15 is 0 Å². The van der Waals surface area contributed by atoms with Crippen LogP contribution in [0.25, 0.3) is 0 Å². The van der Waals surface area contributed by atoms with E-state index < -0.39 is 5.54 Å². The molecule has 19 heavy (non-hydrogen) atoms. The molecule has 1 aromatic heterocycles. The van der Waals surface area contributed by atoms with Crippen molar-refractivity contribution in [1.29, 1.82) is 0 Å². The predicted molar refractivity (Wildman–Crippen MR) is 72.9 cm³/mol. The fourth-order valence-corrected chi connectivity index (χ4v) is 3.75. The van der Waals surface area contributed by atoms with Crippen LogP contribution in [-0.2, 0) is 9.53 Å². The highest BCUT2D eigenvalue weighted by molar-refractivity contribution is 7.99. The monoisotopic (exact) mass is 284 g/mol. The van der Waals surface area contributed by atoms with Crippen molar-refractivity contribution in [3.05, 3.63) is 6.33 Å². The zero-order valence-electron chi connectivity index (χ0n) is 11.3. The molecule has 0 radical (unpaired) electrons. The molecule has 0 aromatic carbocycles. The van der Waals surface area contributed by atoms with Gasteiger partial charge in [0.1, 0.15) is 11.9 Å². The number of carbonyl (C=O) groups excluding carboxylic acids is 1. The van der Waals surface area contributed by atoms with Crippen LogP contribution in [0.5, 0.6) is 0 Å². The Balaban J connectivity index is 1.92. The Morgan fingerprint density at radius 2 is 2.58 bits per heavy atom. The van der Waals surface area contributed by atoms with E-state index in [9.17, 15) is 4.79 Å². The van der Waals surface area contributed by atoms with Gasteiger partial charge in [-0.25, -0.2) is 4.98 Å². The van der Waals surface area contributed by atoms with Crippen LogP contribution in [0.4, 0.5) is 0 Å². The van der Waals surface area contributed by atoms with E-state index in [0.717, 1.165) is 36.6 Å². The summed E-state index contributed by atoms with van der Waals surface area (Å²) in [6, 6.07) is 0. The first-order chi connectivity index (χ1) is 9.23. The number of carbonyl (C=O) groups is 1. The third-order valence-electron chi connectivity index (χ3n) is 3.91. The Morgan fingerprint density at radius 3 is 3.21 bits per heavy atom. The van der Waals surface area contributed by atoms with Crippen LogP contribution in [0, 0.1) is 5.92 Å². The molecule has 1 aliphatic rings. The van der Waals surface area contributed by atoms with Gasteiger partial charge in [0.15, 0.2) is 5.16 Å². The molecule has 0 bridgehead atoms. The zero-order chi connectivity index (χ0) is 13.7. The van der Waals surface area contributed by atoms with Crippen LogP contribution >= 0.6 is 11.8 Å². The third kappa shape index (κ3) is 2.92. The van der Waals surface area contributed by atoms with Crippen molar-refractivity contribution in [3.8, 4) is 0 Å².